The van der Waals surface area contributed by atoms with Gasteiger partial charge in [0.1, 0.15) is 17.1 Å². The summed E-state index contributed by atoms with van der Waals surface area (Å²) in [4.78, 5) is 6.57. The van der Waals surface area contributed by atoms with E-state index in [0.29, 0.717) is 28.6 Å². The Balaban J connectivity index is 1.34. The molecule has 0 unspecified atom stereocenters. The first-order valence-corrected chi connectivity index (χ1v) is 9.45. The largest absolute Gasteiger partial charge is 0.506 e. The first-order valence-electron chi connectivity index (χ1n) is 11.0. The van der Waals surface area contributed by atoms with Gasteiger partial charge in [-0.1, -0.05) is 0 Å². The Kier molecular flexibility index (Phi) is 3.45. The minimum absolute atomic E-state index is 0.0582. The van der Waals surface area contributed by atoms with Gasteiger partial charge in [0, 0.05) is 60.3 Å². The van der Waals surface area contributed by atoms with Gasteiger partial charge in [0.15, 0.2) is 5.82 Å². The number of piperazine rings is 1. The number of aryl methyl sites for hydroxylation is 1. The second-order valence-electron chi connectivity index (χ2n) is 7.39. The molecule has 3 aromatic rings. The molecule has 2 fully saturated rings. The normalized spacial score (nSPS) is 21.8. The first-order chi connectivity index (χ1) is 14.9. The van der Waals surface area contributed by atoms with Crippen LogP contribution in [-0.2, 0) is 6.98 Å². The van der Waals surface area contributed by atoms with Crippen molar-refractivity contribution in [3.05, 3.63) is 36.8 Å². The van der Waals surface area contributed by atoms with Crippen molar-refractivity contribution in [1.29, 1.82) is 0 Å². The zero-order chi connectivity index (χ0) is 21.6. The van der Waals surface area contributed by atoms with Crippen LogP contribution in [0.4, 0.5) is 5.82 Å². The highest BCUT2D eigenvalue weighted by Gasteiger charge is 2.34. The second-order valence-corrected chi connectivity index (χ2v) is 7.39. The second kappa shape index (κ2) is 6.87. The Labute approximate surface area is 167 Å². The molecule has 1 aliphatic heterocycles. The summed E-state index contributed by atoms with van der Waals surface area (Å²) in [5, 5.41) is 26.6. The number of rotatable bonds is 4. The average molecular weight is 380 g/mol. The highest BCUT2D eigenvalue weighted by atomic mass is 16.3. The summed E-state index contributed by atoms with van der Waals surface area (Å²) in [7, 11) is 0. The van der Waals surface area contributed by atoms with Crippen molar-refractivity contribution in [3.63, 3.8) is 0 Å². The summed E-state index contributed by atoms with van der Waals surface area (Å²) in [6, 6.07) is 5.76. The monoisotopic (exact) mass is 380 g/mol. The van der Waals surface area contributed by atoms with Crippen molar-refractivity contribution >= 4 is 5.82 Å². The number of anilines is 1. The average Bonchev–Trinajstić information content (AvgIpc) is 3.49. The van der Waals surface area contributed by atoms with E-state index in [2.05, 4.69) is 30.5 Å². The molecule has 0 spiro atoms. The van der Waals surface area contributed by atoms with Crippen LogP contribution in [-0.4, -0.2) is 55.7 Å². The zero-order valence-corrected chi connectivity index (χ0v) is 15.3. The third kappa shape index (κ3) is 3.31. The standard InChI is InChI=1S/C20H23N7O/c1-26-11-15(10-23-26)14-8-18(28)20(22-9-14)16-4-5-19(25-24-16)27-7-6-21-17(12-27)13-2-3-13/h4-5,8-11,13,17,21,28H,2-3,6-7,12H2,1H3/t17-/m1/s1/i1D3. The molecule has 144 valence electrons. The van der Waals surface area contributed by atoms with Crippen molar-refractivity contribution in [2.45, 2.75) is 18.9 Å². The molecular weight excluding hydrogens is 354 g/mol. The predicted molar refractivity (Wildman–Crippen MR) is 106 cm³/mol. The van der Waals surface area contributed by atoms with Crippen LogP contribution in [0, 0.1) is 5.92 Å². The molecule has 1 atom stereocenters. The molecule has 0 radical (unpaired) electrons. The Morgan fingerprint density at radius 3 is 2.86 bits per heavy atom. The van der Waals surface area contributed by atoms with Crippen LogP contribution in [0.5, 0.6) is 5.75 Å². The molecule has 4 heterocycles. The molecule has 28 heavy (non-hydrogen) atoms. The Bertz CT molecular complexity index is 1080. The van der Waals surface area contributed by atoms with E-state index >= 15 is 0 Å². The molecule has 8 heteroatoms. The molecule has 2 N–H and O–H groups in total. The summed E-state index contributed by atoms with van der Waals surface area (Å²) < 4.78 is 23.1. The van der Waals surface area contributed by atoms with E-state index in [1.165, 1.54) is 31.3 Å². The van der Waals surface area contributed by atoms with Gasteiger partial charge in [-0.05, 0) is 37.0 Å². The summed E-state index contributed by atoms with van der Waals surface area (Å²) in [5.74, 6) is 1.54. The fourth-order valence-electron chi connectivity index (χ4n) is 3.70. The quantitative estimate of drug-likeness (QED) is 0.713. The van der Waals surface area contributed by atoms with Gasteiger partial charge < -0.3 is 15.3 Å². The Morgan fingerprint density at radius 1 is 1.21 bits per heavy atom. The molecule has 5 rings (SSSR count). The zero-order valence-electron chi connectivity index (χ0n) is 18.3. The lowest BCUT2D eigenvalue weighted by molar-refractivity contribution is 0.416. The van der Waals surface area contributed by atoms with Crippen molar-refractivity contribution in [1.82, 2.24) is 30.3 Å². The topological polar surface area (TPSA) is 92.0 Å². The van der Waals surface area contributed by atoms with Crippen LogP contribution in [0.15, 0.2) is 36.8 Å². The summed E-state index contributed by atoms with van der Waals surface area (Å²) in [5.41, 5.74) is 1.91. The van der Waals surface area contributed by atoms with Crippen LogP contribution in [0.25, 0.3) is 22.5 Å². The van der Waals surface area contributed by atoms with E-state index in [1.54, 1.807) is 6.20 Å². The third-order valence-corrected chi connectivity index (χ3v) is 5.40. The van der Waals surface area contributed by atoms with Gasteiger partial charge in [-0.3, -0.25) is 4.68 Å². The minimum Gasteiger partial charge on any atom is -0.506 e. The molecule has 1 saturated heterocycles. The van der Waals surface area contributed by atoms with Gasteiger partial charge >= 0.3 is 0 Å². The van der Waals surface area contributed by atoms with Crippen LogP contribution >= 0.6 is 0 Å². The van der Waals surface area contributed by atoms with Gasteiger partial charge in [0.05, 0.1) is 6.20 Å². The molecule has 0 amide bonds. The van der Waals surface area contributed by atoms with Crippen LogP contribution < -0.4 is 10.2 Å². The highest BCUT2D eigenvalue weighted by Crippen LogP contribution is 2.34. The first kappa shape index (κ1) is 14.1. The van der Waals surface area contributed by atoms with Crippen LogP contribution in [0.1, 0.15) is 17.0 Å². The van der Waals surface area contributed by atoms with Gasteiger partial charge in [0.2, 0.25) is 0 Å². The number of pyridine rings is 1. The molecule has 1 saturated carbocycles. The Morgan fingerprint density at radius 2 is 2.14 bits per heavy atom. The highest BCUT2D eigenvalue weighted by molar-refractivity contribution is 5.70. The smallest absolute Gasteiger partial charge is 0.151 e. The van der Waals surface area contributed by atoms with Crippen molar-refractivity contribution in [3.8, 4) is 28.3 Å². The minimum atomic E-state index is -2.35. The van der Waals surface area contributed by atoms with Gasteiger partial charge in [-0.2, -0.15) is 5.10 Å². The van der Waals surface area contributed by atoms with Gasteiger partial charge in [-0.15, -0.1) is 10.2 Å². The predicted octanol–water partition coefficient (Wildman–Crippen LogP) is 1.83. The number of aromatic nitrogens is 5. The van der Waals surface area contributed by atoms with E-state index in [1.807, 2.05) is 12.1 Å². The van der Waals surface area contributed by atoms with Gasteiger partial charge in [-0.25, -0.2) is 4.98 Å². The number of aromatic hydroxyl groups is 1. The summed E-state index contributed by atoms with van der Waals surface area (Å²) >= 11 is 0. The van der Waals surface area contributed by atoms with Crippen LogP contribution in [0.3, 0.4) is 0 Å². The van der Waals surface area contributed by atoms with Crippen molar-refractivity contribution < 1.29 is 9.22 Å². The molecule has 8 nitrogen and oxygen atoms in total. The number of hydrogen-bond donors (Lipinski definition) is 2. The maximum Gasteiger partial charge on any atom is 0.151 e. The van der Waals surface area contributed by atoms with E-state index in [0.717, 1.165) is 36.1 Å². The maximum absolute atomic E-state index is 10.5. The molecule has 3 aromatic heterocycles. The van der Waals surface area contributed by atoms with Crippen LogP contribution in [0.2, 0.25) is 0 Å². The number of nitrogens with zero attached hydrogens (tertiary/aromatic N) is 6. The third-order valence-electron chi connectivity index (χ3n) is 5.40. The fourth-order valence-corrected chi connectivity index (χ4v) is 3.70. The molecule has 0 aromatic carbocycles. The lowest BCUT2D eigenvalue weighted by Crippen LogP contribution is -2.52. The Hall–Kier alpha value is -3.00. The van der Waals surface area contributed by atoms with E-state index < -0.39 is 6.98 Å². The lowest BCUT2D eigenvalue weighted by Gasteiger charge is -2.34. The van der Waals surface area contributed by atoms with Gasteiger partial charge in [0.25, 0.3) is 0 Å². The number of hydrogen-bond acceptors (Lipinski definition) is 7. The van der Waals surface area contributed by atoms with E-state index in [9.17, 15) is 5.11 Å². The van der Waals surface area contributed by atoms with E-state index in [-0.39, 0.29) is 5.75 Å². The van der Waals surface area contributed by atoms with E-state index in [4.69, 9.17) is 4.11 Å². The van der Waals surface area contributed by atoms with Crippen molar-refractivity contribution in [2.75, 3.05) is 24.5 Å². The lowest BCUT2D eigenvalue weighted by atomic mass is 10.1. The SMILES string of the molecule is [2H]C([2H])([2H])n1cc(-c2cnc(-c3ccc(N4CCN[C@@H](C5CC5)C4)nn3)c(O)c2)cn1. The fraction of sp³-hybridized carbons (Fsp3) is 0.400. The molecule has 1 aliphatic carbocycles. The summed E-state index contributed by atoms with van der Waals surface area (Å²) in [6.07, 6.45) is 6.99. The maximum atomic E-state index is 10.5. The van der Waals surface area contributed by atoms with Crippen molar-refractivity contribution in [2.24, 2.45) is 12.9 Å². The molecular formula is C20H23N7O. The number of nitrogens with one attached hydrogen (secondary N) is 1. The molecule has 2 aliphatic rings. The molecule has 0 bridgehead atoms. The summed E-state index contributed by atoms with van der Waals surface area (Å²) in [6.45, 7) is 0.404.